The number of aliphatic hydroxyl groups is 4. The van der Waals surface area contributed by atoms with E-state index < -0.39 is 37.3 Å². The molecule has 0 amide bonds. The fourth-order valence-electron chi connectivity index (χ4n) is 2.29. The molecule has 0 saturated carbocycles. The van der Waals surface area contributed by atoms with Gasteiger partial charge >= 0.3 is 0 Å². The van der Waals surface area contributed by atoms with Gasteiger partial charge in [-0.15, -0.1) is 0 Å². The number of rotatable bonds is 9. The van der Waals surface area contributed by atoms with Crippen LogP contribution in [0.2, 0.25) is 0 Å². The monoisotopic (exact) mass is 292 g/mol. The van der Waals surface area contributed by atoms with E-state index in [-0.39, 0.29) is 0 Å². The third kappa shape index (κ3) is 5.27. The van der Waals surface area contributed by atoms with Crippen molar-refractivity contribution in [1.82, 2.24) is 0 Å². The molecule has 0 aromatic rings. The molecule has 6 heteroatoms. The van der Waals surface area contributed by atoms with Crippen molar-refractivity contribution >= 4 is 0 Å². The molecule has 1 aliphatic rings. The third-order valence-corrected chi connectivity index (χ3v) is 3.63. The number of hydrogen-bond acceptors (Lipinski definition) is 6. The Morgan fingerprint density at radius 3 is 2.20 bits per heavy atom. The van der Waals surface area contributed by atoms with Crippen LogP contribution in [0.15, 0.2) is 0 Å². The van der Waals surface area contributed by atoms with Gasteiger partial charge in [0.2, 0.25) is 0 Å². The third-order valence-electron chi connectivity index (χ3n) is 3.63. The van der Waals surface area contributed by atoms with E-state index in [4.69, 9.17) is 14.6 Å². The molecular formula is C14H28O6. The van der Waals surface area contributed by atoms with Gasteiger partial charge in [0.25, 0.3) is 0 Å². The zero-order valence-corrected chi connectivity index (χ0v) is 12.1. The largest absolute Gasteiger partial charge is 0.394 e. The van der Waals surface area contributed by atoms with E-state index in [1.165, 1.54) is 19.3 Å². The summed E-state index contributed by atoms with van der Waals surface area (Å²) >= 11 is 0. The minimum absolute atomic E-state index is 0.425. The van der Waals surface area contributed by atoms with Crippen LogP contribution in [-0.4, -0.2) is 64.3 Å². The second-order valence-electron chi connectivity index (χ2n) is 5.34. The predicted molar refractivity (Wildman–Crippen MR) is 73.1 cm³/mol. The minimum Gasteiger partial charge on any atom is -0.394 e. The molecular weight excluding hydrogens is 264 g/mol. The Kier molecular flexibility index (Phi) is 8.60. The molecule has 6 nitrogen and oxygen atoms in total. The summed E-state index contributed by atoms with van der Waals surface area (Å²) in [5.74, 6) is 0. The molecule has 1 heterocycles. The van der Waals surface area contributed by atoms with Crippen LogP contribution in [0.4, 0.5) is 0 Å². The molecule has 0 aromatic carbocycles. The molecule has 0 bridgehead atoms. The van der Waals surface area contributed by atoms with Crippen LogP contribution in [0, 0.1) is 0 Å². The summed E-state index contributed by atoms with van der Waals surface area (Å²) in [5.41, 5.74) is 0. The summed E-state index contributed by atoms with van der Waals surface area (Å²) in [7, 11) is 0. The van der Waals surface area contributed by atoms with Crippen LogP contribution in [-0.2, 0) is 9.47 Å². The van der Waals surface area contributed by atoms with E-state index in [9.17, 15) is 15.3 Å². The molecule has 0 aromatic heterocycles. The van der Waals surface area contributed by atoms with Crippen molar-refractivity contribution in [3.8, 4) is 0 Å². The van der Waals surface area contributed by atoms with Gasteiger partial charge in [0.05, 0.1) is 6.61 Å². The van der Waals surface area contributed by atoms with Gasteiger partial charge in [0.1, 0.15) is 24.4 Å². The molecule has 0 unspecified atom stereocenters. The van der Waals surface area contributed by atoms with Crippen molar-refractivity contribution in [2.24, 2.45) is 0 Å². The molecule has 0 spiro atoms. The maximum atomic E-state index is 9.75. The molecule has 0 radical (unpaired) electrons. The second-order valence-corrected chi connectivity index (χ2v) is 5.34. The highest BCUT2D eigenvalue weighted by Crippen LogP contribution is 2.22. The Bertz CT molecular complexity index is 248. The summed E-state index contributed by atoms with van der Waals surface area (Å²) in [6.07, 6.45) is 0.851. The lowest BCUT2D eigenvalue weighted by atomic mass is 9.99. The Morgan fingerprint density at radius 1 is 0.900 bits per heavy atom. The number of hydrogen-bond donors (Lipinski definition) is 4. The minimum atomic E-state index is -1.37. The maximum absolute atomic E-state index is 9.75. The lowest BCUT2D eigenvalue weighted by molar-refractivity contribution is -0.301. The van der Waals surface area contributed by atoms with Gasteiger partial charge in [-0.25, -0.2) is 0 Å². The average Bonchev–Trinajstić information content (AvgIpc) is 2.46. The van der Waals surface area contributed by atoms with Gasteiger partial charge in [-0.1, -0.05) is 39.0 Å². The molecule has 1 saturated heterocycles. The van der Waals surface area contributed by atoms with Crippen LogP contribution < -0.4 is 0 Å². The molecule has 1 aliphatic heterocycles. The van der Waals surface area contributed by atoms with Crippen molar-refractivity contribution in [1.29, 1.82) is 0 Å². The number of ether oxygens (including phenoxy) is 2. The standard InChI is InChI=1S/C14H28O6/c1-2-3-4-5-6-7-8-19-14-13(18)12(17)11(16)10(9-15)20-14/h10-18H,2-9H2,1H3/t10-,11-,12-,13-,14-/m1/s1. The first-order valence-electron chi connectivity index (χ1n) is 7.54. The van der Waals surface area contributed by atoms with E-state index in [0.29, 0.717) is 6.61 Å². The zero-order valence-electron chi connectivity index (χ0n) is 12.1. The predicted octanol–water partition coefficient (Wildman–Crippen LogP) is 0.163. The number of aliphatic hydroxyl groups excluding tert-OH is 4. The Morgan fingerprint density at radius 2 is 1.55 bits per heavy atom. The fourth-order valence-corrected chi connectivity index (χ4v) is 2.29. The highest BCUT2D eigenvalue weighted by atomic mass is 16.7. The van der Waals surface area contributed by atoms with Crippen molar-refractivity contribution in [2.75, 3.05) is 13.2 Å². The molecule has 5 atom stereocenters. The summed E-state index contributed by atoms with van der Waals surface area (Å²) in [6, 6.07) is 0. The SMILES string of the molecule is CCCCCCCCO[C@@H]1O[C@H](CO)[C@@H](O)[C@@H](O)[C@H]1O. The van der Waals surface area contributed by atoms with Gasteiger partial charge < -0.3 is 29.9 Å². The summed E-state index contributed by atoms with van der Waals surface area (Å²) in [5, 5.41) is 38.0. The first kappa shape index (κ1) is 17.8. The van der Waals surface area contributed by atoms with Crippen LogP contribution >= 0.6 is 0 Å². The lowest BCUT2D eigenvalue weighted by Gasteiger charge is -2.39. The van der Waals surface area contributed by atoms with E-state index in [1.807, 2.05) is 0 Å². The fraction of sp³-hybridized carbons (Fsp3) is 1.00. The summed E-state index contributed by atoms with van der Waals surface area (Å²) in [4.78, 5) is 0. The van der Waals surface area contributed by atoms with Gasteiger partial charge in [-0.3, -0.25) is 0 Å². The summed E-state index contributed by atoms with van der Waals surface area (Å²) < 4.78 is 10.6. The first-order chi connectivity index (χ1) is 9.61. The Labute approximate surface area is 120 Å². The average molecular weight is 292 g/mol. The van der Waals surface area contributed by atoms with Gasteiger partial charge in [-0.05, 0) is 6.42 Å². The lowest BCUT2D eigenvalue weighted by Crippen LogP contribution is -2.59. The molecule has 0 aliphatic carbocycles. The molecule has 4 N–H and O–H groups in total. The van der Waals surface area contributed by atoms with Gasteiger partial charge in [0, 0.05) is 6.61 Å². The van der Waals surface area contributed by atoms with Crippen LogP contribution in [0.5, 0.6) is 0 Å². The van der Waals surface area contributed by atoms with Gasteiger partial charge in [-0.2, -0.15) is 0 Å². The van der Waals surface area contributed by atoms with Gasteiger partial charge in [0.15, 0.2) is 6.29 Å². The van der Waals surface area contributed by atoms with E-state index in [0.717, 1.165) is 19.3 Å². The second kappa shape index (κ2) is 9.65. The molecule has 1 rings (SSSR count). The highest BCUT2D eigenvalue weighted by molar-refractivity contribution is 4.88. The topological polar surface area (TPSA) is 99.4 Å². The van der Waals surface area contributed by atoms with Crippen molar-refractivity contribution in [3.63, 3.8) is 0 Å². The smallest absolute Gasteiger partial charge is 0.186 e. The first-order valence-corrected chi connectivity index (χ1v) is 7.54. The van der Waals surface area contributed by atoms with E-state index in [2.05, 4.69) is 6.92 Å². The molecule has 120 valence electrons. The van der Waals surface area contributed by atoms with Crippen molar-refractivity contribution < 1.29 is 29.9 Å². The van der Waals surface area contributed by atoms with Crippen molar-refractivity contribution in [2.45, 2.75) is 76.2 Å². The van der Waals surface area contributed by atoms with Crippen LogP contribution in [0.25, 0.3) is 0 Å². The van der Waals surface area contributed by atoms with Crippen LogP contribution in [0.3, 0.4) is 0 Å². The molecule has 20 heavy (non-hydrogen) atoms. The van der Waals surface area contributed by atoms with Crippen LogP contribution in [0.1, 0.15) is 45.4 Å². The quantitative estimate of drug-likeness (QED) is 0.452. The maximum Gasteiger partial charge on any atom is 0.186 e. The Hall–Kier alpha value is -0.240. The highest BCUT2D eigenvalue weighted by Gasteiger charge is 2.43. The Balaban J connectivity index is 2.21. The summed E-state index contributed by atoms with van der Waals surface area (Å²) in [6.45, 7) is 2.17. The zero-order chi connectivity index (χ0) is 15.0. The number of unbranched alkanes of at least 4 members (excludes halogenated alkanes) is 5. The van der Waals surface area contributed by atoms with Crippen molar-refractivity contribution in [3.05, 3.63) is 0 Å². The molecule has 1 fully saturated rings. The van der Waals surface area contributed by atoms with E-state index in [1.54, 1.807) is 0 Å². The van der Waals surface area contributed by atoms with E-state index >= 15 is 0 Å². The normalized spacial score (nSPS) is 34.4.